The number of nitrogens with two attached hydrogens (primary N) is 1. The molecular weight excluding hydrogens is 178 g/mol. The van der Waals surface area contributed by atoms with E-state index in [1.54, 1.807) is 17.0 Å². The van der Waals surface area contributed by atoms with Crippen LogP contribution in [0.15, 0.2) is 18.3 Å². The molecule has 0 aliphatic carbocycles. The third-order valence-corrected chi connectivity index (χ3v) is 2.08. The smallest absolute Gasteiger partial charge is 0.255 e. The monoisotopic (exact) mass is 193 g/mol. The van der Waals surface area contributed by atoms with Crippen molar-refractivity contribution in [1.29, 1.82) is 0 Å². The van der Waals surface area contributed by atoms with Crippen molar-refractivity contribution in [3.63, 3.8) is 0 Å². The van der Waals surface area contributed by atoms with Gasteiger partial charge in [0.25, 0.3) is 5.91 Å². The van der Waals surface area contributed by atoms with Crippen LogP contribution in [0.4, 0.5) is 5.82 Å². The Kier molecular flexibility index (Phi) is 3.45. The van der Waals surface area contributed by atoms with E-state index in [1.807, 2.05) is 13.8 Å². The van der Waals surface area contributed by atoms with Gasteiger partial charge in [-0.15, -0.1) is 0 Å². The highest BCUT2D eigenvalue weighted by molar-refractivity contribution is 5.94. The Labute approximate surface area is 83.7 Å². The molecule has 0 spiro atoms. The van der Waals surface area contributed by atoms with Crippen LogP contribution in [0.1, 0.15) is 24.2 Å². The maximum atomic E-state index is 11.8. The van der Waals surface area contributed by atoms with Gasteiger partial charge in [0.05, 0.1) is 5.56 Å². The zero-order chi connectivity index (χ0) is 10.6. The summed E-state index contributed by atoms with van der Waals surface area (Å²) in [6.45, 7) is 5.32. The van der Waals surface area contributed by atoms with Gasteiger partial charge in [0.1, 0.15) is 5.82 Å². The van der Waals surface area contributed by atoms with Crippen molar-refractivity contribution in [3.8, 4) is 0 Å². The SMILES string of the molecule is CCN(CC)C(=O)c1ccc(N)nc1. The third-order valence-electron chi connectivity index (χ3n) is 2.08. The lowest BCUT2D eigenvalue weighted by Gasteiger charge is -2.18. The maximum absolute atomic E-state index is 11.8. The molecule has 76 valence electrons. The zero-order valence-electron chi connectivity index (χ0n) is 8.53. The van der Waals surface area contributed by atoms with Crippen LogP contribution in [0.3, 0.4) is 0 Å². The molecule has 0 fully saturated rings. The number of pyridine rings is 1. The highest BCUT2D eigenvalue weighted by atomic mass is 16.2. The first-order chi connectivity index (χ1) is 6.69. The van der Waals surface area contributed by atoms with Gasteiger partial charge in [0.2, 0.25) is 0 Å². The lowest BCUT2D eigenvalue weighted by Crippen LogP contribution is -2.30. The molecule has 14 heavy (non-hydrogen) atoms. The fraction of sp³-hybridized carbons (Fsp3) is 0.400. The second-order valence-corrected chi connectivity index (χ2v) is 2.95. The number of hydrogen-bond donors (Lipinski definition) is 1. The summed E-state index contributed by atoms with van der Waals surface area (Å²) in [5.74, 6) is 0.434. The summed E-state index contributed by atoms with van der Waals surface area (Å²) in [6, 6.07) is 3.33. The first-order valence-corrected chi connectivity index (χ1v) is 4.69. The highest BCUT2D eigenvalue weighted by Gasteiger charge is 2.11. The molecule has 0 saturated carbocycles. The van der Waals surface area contributed by atoms with Gasteiger partial charge >= 0.3 is 0 Å². The largest absolute Gasteiger partial charge is 0.384 e. The van der Waals surface area contributed by atoms with Crippen LogP contribution >= 0.6 is 0 Å². The molecule has 0 atom stereocenters. The van der Waals surface area contributed by atoms with Crippen LogP contribution in [0.5, 0.6) is 0 Å². The van der Waals surface area contributed by atoms with Crippen molar-refractivity contribution in [2.45, 2.75) is 13.8 Å². The predicted molar refractivity (Wildman–Crippen MR) is 55.9 cm³/mol. The Bertz CT molecular complexity index is 304. The Hall–Kier alpha value is -1.58. The van der Waals surface area contributed by atoms with Gasteiger partial charge in [-0.1, -0.05) is 0 Å². The Balaban J connectivity index is 2.83. The fourth-order valence-electron chi connectivity index (χ4n) is 1.23. The minimum Gasteiger partial charge on any atom is -0.384 e. The van der Waals surface area contributed by atoms with Crippen molar-refractivity contribution < 1.29 is 4.79 Å². The molecule has 4 nitrogen and oxygen atoms in total. The summed E-state index contributed by atoms with van der Waals surface area (Å²) in [5.41, 5.74) is 6.02. The molecule has 0 saturated heterocycles. The molecule has 2 N–H and O–H groups in total. The summed E-state index contributed by atoms with van der Waals surface area (Å²) in [6.07, 6.45) is 1.51. The van der Waals surface area contributed by atoms with Gasteiger partial charge in [-0.2, -0.15) is 0 Å². The van der Waals surface area contributed by atoms with Crippen molar-refractivity contribution in [2.75, 3.05) is 18.8 Å². The zero-order valence-corrected chi connectivity index (χ0v) is 8.53. The van der Waals surface area contributed by atoms with Gasteiger partial charge < -0.3 is 10.6 Å². The highest BCUT2D eigenvalue weighted by Crippen LogP contribution is 2.05. The van der Waals surface area contributed by atoms with E-state index < -0.39 is 0 Å². The molecule has 0 aliphatic heterocycles. The number of aromatic nitrogens is 1. The van der Waals surface area contributed by atoms with Crippen LogP contribution in [0, 0.1) is 0 Å². The first-order valence-electron chi connectivity index (χ1n) is 4.69. The second kappa shape index (κ2) is 4.60. The molecular formula is C10H15N3O. The van der Waals surface area contributed by atoms with E-state index in [1.165, 1.54) is 6.20 Å². The molecule has 0 unspecified atom stereocenters. The van der Waals surface area contributed by atoms with Crippen molar-refractivity contribution in [3.05, 3.63) is 23.9 Å². The summed E-state index contributed by atoms with van der Waals surface area (Å²) in [5, 5.41) is 0. The number of hydrogen-bond acceptors (Lipinski definition) is 3. The molecule has 1 amide bonds. The maximum Gasteiger partial charge on any atom is 0.255 e. The molecule has 1 aromatic rings. The average molecular weight is 193 g/mol. The topological polar surface area (TPSA) is 59.2 Å². The van der Waals surface area contributed by atoms with Gasteiger partial charge in [0.15, 0.2) is 0 Å². The Morgan fingerprint density at radius 2 is 2.07 bits per heavy atom. The van der Waals surface area contributed by atoms with Crippen LogP contribution in [0.2, 0.25) is 0 Å². The third kappa shape index (κ3) is 2.22. The molecule has 1 aromatic heterocycles. The Morgan fingerprint density at radius 3 is 2.50 bits per heavy atom. The predicted octanol–water partition coefficient (Wildman–Crippen LogP) is 1.15. The van der Waals surface area contributed by atoms with E-state index >= 15 is 0 Å². The van der Waals surface area contributed by atoms with E-state index in [0.29, 0.717) is 24.5 Å². The van der Waals surface area contributed by atoms with E-state index in [9.17, 15) is 4.79 Å². The number of amides is 1. The van der Waals surface area contributed by atoms with Gasteiger partial charge in [-0.25, -0.2) is 4.98 Å². The minimum atomic E-state index is 0.00231. The van der Waals surface area contributed by atoms with Crippen LogP contribution in [0.25, 0.3) is 0 Å². The van der Waals surface area contributed by atoms with Gasteiger partial charge in [-0.05, 0) is 26.0 Å². The number of carbonyl (C=O) groups is 1. The number of nitrogens with zero attached hydrogens (tertiary/aromatic N) is 2. The molecule has 1 heterocycles. The van der Waals surface area contributed by atoms with Gasteiger partial charge in [-0.3, -0.25) is 4.79 Å². The van der Waals surface area contributed by atoms with Crippen molar-refractivity contribution in [1.82, 2.24) is 9.88 Å². The van der Waals surface area contributed by atoms with Crippen molar-refractivity contribution >= 4 is 11.7 Å². The van der Waals surface area contributed by atoms with Crippen molar-refractivity contribution in [2.24, 2.45) is 0 Å². The number of carbonyl (C=O) groups excluding carboxylic acids is 1. The van der Waals surface area contributed by atoms with E-state index in [0.717, 1.165) is 0 Å². The van der Waals surface area contributed by atoms with Crippen LogP contribution < -0.4 is 5.73 Å². The molecule has 0 bridgehead atoms. The van der Waals surface area contributed by atoms with Gasteiger partial charge in [0, 0.05) is 19.3 Å². The molecule has 4 heteroatoms. The summed E-state index contributed by atoms with van der Waals surface area (Å²) >= 11 is 0. The van der Waals surface area contributed by atoms with E-state index in [-0.39, 0.29) is 5.91 Å². The lowest BCUT2D eigenvalue weighted by atomic mass is 10.2. The van der Waals surface area contributed by atoms with Crippen LogP contribution in [-0.4, -0.2) is 28.9 Å². The number of rotatable bonds is 3. The van der Waals surface area contributed by atoms with E-state index in [2.05, 4.69) is 4.98 Å². The summed E-state index contributed by atoms with van der Waals surface area (Å²) in [4.78, 5) is 17.4. The standard InChI is InChI=1S/C10H15N3O/c1-3-13(4-2)10(14)8-5-6-9(11)12-7-8/h5-7H,3-4H2,1-2H3,(H2,11,12). The Morgan fingerprint density at radius 1 is 1.43 bits per heavy atom. The normalized spacial score (nSPS) is 9.86. The minimum absolute atomic E-state index is 0.00231. The summed E-state index contributed by atoms with van der Waals surface area (Å²) in [7, 11) is 0. The quantitative estimate of drug-likeness (QED) is 0.783. The molecule has 0 aliphatic rings. The number of anilines is 1. The first kappa shape index (κ1) is 10.5. The average Bonchev–Trinajstić information content (AvgIpc) is 2.20. The molecule has 1 rings (SSSR count). The summed E-state index contributed by atoms with van der Waals surface area (Å²) < 4.78 is 0. The molecule has 0 aromatic carbocycles. The van der Waals surface area contributed by atoms with E-state index in [4.69, 9.17) is 5.73 Å². The lowest BCUT2D eigenvalue weighted by molar-refractivity contribution is 0.0772. The fourth-order valence-corrected chi connectivity index (χ4v) is 1.23. The molecule has 0 radical (unpaired) electrons. The number of nitrogen functional groups attached to an aromatic ring is 1. The second-order valence-electron chi connectivity index (χ2n) is 2.95. The van der Waals surface area contributed by atoms with Crippen LogP contribution in [-0.2, 0) is 0 Å².